The van der Waals surface area contributed by atoms with Crippen molar-refractivity contribution in [2.24, 2.45) is 7.05 Å². The standard InChI is InChI=1S/C14H18N4O2/c1-18-10-16-13(17-18)9-15-8-11-4-2-5-12-14(11)20-7-3-6-19-12/h2,4-5,10,15H,3,6-9H2,1H3. The lowest BCUT2D eigenvalue weighted by molar-refractivity contribution is 0.296. The van der Waals surface area contributed by atoms with Crippen molar-refractivity contribution < 1.29 is 9.47 Å². The second-order valence-electron chi connectivity index (χ2n) is 4.73. The number of hydrogen-bond donors (Lipinski definition) is 1. The Morgan fingerprint density at radius 3 is 3.00 bits per heavy atom. The number of aryl methyl sites for hydroxylation is 1. The van der Waals surface area contributed by atoms with Gasteiger partial charge in [-0.1, -0.05) is 12.1 Å². The van der Waals surface area contributed by atoms with Gasteiger partial charge in [-0.2, -0.15) is 5.10 Å². The van der Waals surface area contributed by atoms with E-state index in [1.807, 2.05) is 25.2 Å². The fraction of sp³-hybridized carbons (Fsp3) is 0.429. The minimum absolute atomic E-state index is 0.630. The van der Waals surface area contributed by atoms with Crippen LogP contribution in [0.4, 0.5) is 0 Å². The van der Waals surface area contributed by atoms with Gasteiger partial charge in [-0.15, -0.1) is 0 Å². The maximum Gasteiger partial charge on any atom is 0.165 e. The van der Waals surface area contributed by atoms with E-state index in [-0.39, 0.29) is 0 Å². The van der Waals surface area contributed by atoms with E-state index in [1.165, 1.54) is 0 Å². The quantitative estimate of drug-likeness (QED) is 0.909. The number of aromatic nitrogens is 3. The fourth-order valence-electron chi connectivity index (χ4n) is 2.17. The molecule has 1 aromatic heterocycles. The molecule has 106 valence electrons. The van der Waals surface area contributed by atoms with Crippen LogP contribution in [0.2, 0.25) is 0 Å². The molecule has 0 unspecified atom stereocenters. The molecule has 0 atom stereocenters. The van der Waals surface area contributed by atoms with Crippen LogP contribution < -0.4 is 14.8 Å². The summed E-state index contributed by atoms with van der Waals surface area (Å²) in [6, 6.07) is 5.99. The molecular formula is C14H18N4O2. The smallest absolute Gasteiger partial charge is 0.165 e. The van der Waals surface area contributed by atoms with Crippen molar-refractivity contribution in [3.05, 3.63) is 35.9 Å². The van der Waals surface area contributed by atoms with E-state index < -0.39 is 0 Å². The van der Waals surface area contributed by atoms with E-state index in [9.17, 15) is 0 Å². The van der Waals surface area contributed by atoms with Crippen molar-refractivity contribution >= 4 is 0 Å². The Labute approximate surface area is 117 Å². The van der Waals surface area contributed by atoms with Gasteiger partial charge < -0.3 is 14.8 Å². The number of nitrogens with zero attached hydrogens (tertiary/aromatic N) is 3. The molecule has 6 heteroatoms. The Morgan fingerprint density at radius 1 is 1.25 bits per heavy atom. The number of ether oxygens (including phenoxy) is 2. The Kier molecular flexibility index (Phi) is 3.83. The topological polar surface area (TPSA) is 61.2 Å². The first-order valence-electron chi connectivity index (χ1n) is 6.75. The second-order valence-corrected chi connectivity index (χ2v) is 4.73. The Balaban J connectivity index is 1.65. The number of nitrogens with one attached hydrogen (secondary N) is 1. The molecule has 0 fully saturated rings. The van der Waals surface area contributed by atoms with Gasteiger partial charge in [0.05, 0.1) is 19.8 Å². The normalized spacial score (nSPS) is 14.1. The van der Waals surface area contributed by atoms with Crippen LogP contribution in [0.15, 0.2) is 24.5 Å². The number of hydrogen-bond acceptors (Lipinski definition) is 5. The number of fused-ring (bicyclic) bond motifs is 1. The third kappa shape index (κ3) is 2.91. The molecule has 2 heterocycles. The van der Waals surface area contributed by atoms with Crippen molar-refractivity contribution in [2.75, 3.05) is 13.2 Å². The van der Waals surface area contributed by atoms with Crippen LogP contribution in [0, 0.1) is 0 Å². The van der Waals surface area contributed by atoms with E-state index in [4.69, 9.17) is 9.47 Å². The van der Waals surface area contributed by atoms with Gasteiger partial charge in [0.15, 0.2) is 17.3 Å². The number of rotatable bonds is 4. The Bertz CT molecular complexity index is 582. The summed E-state index contributed by atoms with van der Waals surface area (Å²) in [5, 5.41) is 7.56. The lowest BCUT2D eigenvalue weighted by Gasteiger charge is -2.12. The molecular weight excluding hydrogens is 256 g/mol. The SMILES string of the molecule is Cn1cnc(CNCc2cccc3c2OCCCO3)n1. The molecule has 3 rings (SSSR count). The number of para-hydroxylation sites is 1. The first-order chi connectivity index (χ1) is 9.83. The molecule has 0 aliphatic carbocycles. The van der Waals surface area contributed by atoms with Crippen molar-refractivity contribution in [1.82, 2.24) is 20.1 Å². The summed E-state index contributed by atoms with van der Waals surface area (Å²) in [6.07, 6.45) is 2.61. The molecule has 1 aliphatic rings. The second kappa shape index (κ2) is 5.92. The van der Waals surface area contributed by atoms with Crippen LogP contribution in [0.5, 0.6) is 11.5 Å². The Morgan fingerprint density at radius 2 is 2.15 bits per heavy atom. The lowest BCUT2D eigenvalue weighted by Crippen LogP contribution is -2.15. The largest absolute Gasteiger partial charge is 0.490 e. The van der Waals surface area contributed by atoms with Crippen molar-refractivity contribution in [2.45, 2.75) is 19.5 Å². The third-order valence-electron chi connectivity index (χ3n) is 3.10. The predicted molar refractivity (Wildman–Crippen MR) is 73.6 cm³/mol. The highest BCUT2D eigenvalue weighted by molar-refractivity contribution is 5.47. The maximum atomic E-state index is 5.79. The van der Waals surface area contributed by atoms with Gasteiger partial charge in [0.1, 0.15) is 6.33 Å². The third-order valence-corrected chi connectivity index (χ3v) is 3.10. The van der Waals surface area contributed by atoms with Crippen LogP contribution in [0.1, 0.15) is 17.8 Å². The van der Waals surface area contributed by atoms with Crippen LogP contribution >= 0.6 is 0 Å². The molecule has 0 radical (unpaired) electrons. The van der Waals surface area contributed by atoms with Gasteiger partial charge in [0.25, 0.3) is 0 Å². The van der Waals surface area contributed by atoms with Crippen LogP contribution in [-0.2, 0) is 20.1 Å². The van der Waals surface area contributed by atoms with E-state index in [0.717, 1.165) is 29.3 Å². The van der Waals surface area contributed by atoms with Crippen LogP contribution in [0.3, 0.4) is 0 Å². The van der Waals surface area contributed by atoms with E-state index in [2.05, 4.69) is 15.4 Å². The summed E-state index contributed by atoms with van der Waals surface area (Å²) in [4.78, 5) is 4.18. The summed E-state index contributed by atoms with van der Waals surface area (Å²) in [5.74, 6) is 2.47. The molecule has 0 bridgehead atoms. The van der Waals surface area contributed by atoms with Gasteiger partial charge in [-0.05, 0) is 6.07 Å². The molecule has 2 aromatic rings. The van der Waals surface area contributed by atoms with Crippen LogP contribution in [0.25, 0.3) is 0 Å². The summed E-state index contributed by atoms with van der Waals surface area (Å²) in [7, 11) is 1.86. The summed E-state index contributed by atoms with van der Waals surface area (Å²) in [6.45, 7) is 2.74. The van der Waals surface area contributed by atoms with Crippen LogP contribution in [-0.4, -0.2) is 28.0 Å². The molecule has 0 saturated heterocycles. The first-order valence-corrected chi connectivity index (χ1v) is 6.75. The van der Waals surface area contributed by atoms with Gasteiger partial charge in [0, 0.05) is 25.6 Å². The van der Waals surface area contributed by atoms with E-state index in [1.54, 1.807) is 11.0 Å². The van der Waals surface area contributed by atoms with Gasteiger partial charge in [0.2, 0.25) is 0 Å². The minimum Gasteiger partial charge on any atom is -0.490 e. The molecule has 1 aromatic carbocycles. The average Bonchev–Trinajstić information content (AvgIpc) is 2.73. The Hall–Kier alpha value is -2.08. The molecule has 1 aliphatic heterocycles. The lowest BCUT2D eigenvalue weighted by atomic mass is 10.2. The minimum atomic E-state index is 0.630. The zero-order chi connectivity index (χ0) is 13.8. The van der Waals surface area contributed by atoms with E-state index >= 15 is 0 Å². The first kappa shape index (κ1) is 12.9. The van der Waals surface area contributed by atoms with E-state index in [0.29, 0.717) is 26.3 Å². The zero-order valence-corrected chi connectivity index (χ0v) is 11.5. The predicted octanol–water partition coefficient (Wildman–Crippen LogP) is 1.27. The molecule has 0 spiro atoms. The zero-order valence-electron chi connectivity index (χ0n) is 11.5. The number of benzene rings is 1. The molecule has 0 amide bonds. The fourth-order valence-corrected chi connectivity index (χ4v) is 2.17. The van der Waals surface area contributed by atoms with Gasteiger partial charge in [-0.3, -0.25) is 4.68 Å². The van der Waals surface area contributed by atoms with Crippen molar-refractivity contribution in [3.8, 4) is 11.5 Å². The monoisotopic (exact) mass is 274 g/mol. The highest BCUT2D eigenvalue weighted by Crippen LogP contribution is 2.33. The highest BCUT2D eigenvalue weighted by atomic mass is 16.5. The summed E-state index contributed by atoms with van der Waals surface area (Å²) >= 11 is 0. The molecule has 0 saturated carbocycles. The van der Waals surface area contributed by atoms with Gasteiger partial charge in [-0.25, -0.2) is 4.98 Å². The molecule has 1 N–H and O–H groups in total. The highest BCUT2D eigenvalue weighted by Gasteiger charge is 2.14. The summed E-state index contributed by atoms with van der Waals surface area (Å²) < 4.78 is 13.2. The van der Waals surface area contributed by atoms with Crippen molar-refractivity contribution in [1.29, 1.82) is 0 Å². The maximum absolute atomic E-state index is 5.79. The summed E-state index contributed by atoms with van der Waals surface area (Å²) in [5.41, 5.74) is 1.10. The molecule has 20 heavy (non-hydrogen) atoms. The van der Waals surface area contributed by atoms with Crippen molar-refractivity contribution in [3.63, 3.8) is 0 Å². The van der Waals surface area contributed by atoms with Gasteiger partial charge >= 0.3 is 0 Å². The molecule has 6 nitrogen and oxygen atoms in total. The average molecular weight is 274 g/mol.